The summed E-state index contributed by atoms with van der Waals surface area (Å²) >= 11 is 0. The topological polar surface area (TPSA) is 72.3 Å². The molecule has 0 bridgehead atoms. The Hall–Kier alpha value is -1.71. The van der Waals surface area contributed by atoms with E-state index in [-0.39, 0.29) is 0 Å². The van der Waals surface area contributed by atoms with Crippen LogP contribution in [0.2, 0.25) is 0 Å². The Morgan fingerprint density at radius 1 is 1.31 bits per heavy atom. The van der Waals surface area contributed by atoms with Crippen LogP contribution in [0.5, 0.6) is 0 Å². The van der Waals surface area contributed by atoms with Crippen molar-refractivity contribution in [1.29, 1.82) is 0 Å². The van der Waals surface area contributed by atoms with E-state index in [0.717, 1.165) is 24.3 Å². The van der Waals surface area contributed by atoms with E-state index in [4.69, 9.17) is 11.5 Å². The molecule has 4 heteroatoms. The van der Waals surface area contributed by atoms with Gasteiger partial charge in [0, 0.05) is 18.7 Å². The van der Waals surface area contributed by atoms with E-state index in [2.05, 4.69) is 18.7 Å². The molecular weight excluding hydrogens is 202 g/mol. The second-order valence-electron chi connectivity index (χ2n) is 3.76. The van der Waals surface area contributed by atoms with E-state index in [9.17, 15) is 4.79 Å². The summed E-state index contributed by atoms with van der Waals surface area (Å²) in [5.74, 6) is -0.435. The predicted octanol–water partition coefficient (Wildman–Crippen LogP) is 1.52. The predicted molar refractivity (Wildman–Crippen MR) is 67.7 cm³/mol. The van der Waals surface area contributed by atoms with Crippen LogP contribution in [0.15, 0.2) is 12.1 Å². The third kappa shape index (κ3) is 2.27. The first kappa shape index (κ1) is 12.4. The number of nitrogens with zero attached hydrogens (tertiary/aromatic N) is 1. The van der Waals surface area contributed by atoms with Gasteiger partial charge in [-0.3, -0.25) is 4.79 Å². The number of anilines is 2. The molecule has 0 unspecified atom stereocenters. The highest BCUT2D eigenvalue weighted by molar-refractivity contribution is 5.96. The maximum absolute atomic E-state index is 11.1. The van der Waals surface area contributed by atoms with E-state index in [1.54, 1.807) is 6.07 Å². The fourth-order valence-electron chi connectivity index (χ4n) is 1.81. The molecule has 4 nitrogen and oxygen atoms in total. The Kier molecular flexibility index (Phi) is 3.77. The number of benzene rings is 1. The molecule has 1 aromatic carbocycles. The minimum Gasteiger partial charge on any atom is -0.397 e. The normalized spacial score (nSPS) is 10.2. The minimum absolute atomic E-state index is 0.435. The molecule has 4 N–H and O–H groups in total. The Bertz CT molecular complexity index is 397. The minimum atomic E-state index is -0.435. The van der Waals surface area contributed by atoms with Crippen molar-refractivity contribution in [2.75, 3.05) is 23.7 Å². The van der Waals surface area contributed by atoms with Crippen LogP contribution >= 0.6 is 0 Å². The van der Waals surface area contributed by atoms with Crippen molar-refractivity contribution in [3.63, 3.8) is 0 Å². The van der Waals surface area contributed by atoms with Crippen molar-refractivity contribution in [3.05, 3.63) is 23.3 Å². The Labute approximate surface area is 96.2 Å². The summed E-state index contributed by atoms with van der Waals surface area (Å²) in [6, 6.07) is 3.58. The molecule has 16 heavy (non-hydrogen) atoms. The summed E-state index contributed by atoms with van der Waals surface area (Å²) < 4.78 is 0. The fourth-order valence-corrected chi connectivity index (χ4v) is 1.81. The number of amides is 1. The summed E-state index contributed by atoms with van der Waals surface area (Å²) in [5.41, 5.74) is 14.1. The van der Waals surface area contributed by atoms with Crippen molar-refractivity contribution in [2.24, 2.45) is 5.73 Å². The molecular formula is C12H19N3O. The summed E-state index contributed by atoms with van der Waals surface area (Å²) in [4.78, 5) is 13.3. The second-order valence-corrected chi connectivity index (χ2v) is 3.76. The highest BCUT2D eigenvalue weighted by Crippen LogP contribution is 2.26. The summed E-state index contributed by atoms with van der Waals surface area (Å²) in [6.45, 7) is 7.78. The quantitative estimate of drug-likeness (QED) is 0.757. The smallest absolute Gasteiger partial charge is 0.249 e. The average Bonchev–Trinajstić information content (AvgIpc) is 2.23. The molecule has 0 saturated carbocycles. The van der Waals surface area contributed by atoms with Gasteiger partial charge in [-0.2, -0.15) is 0 Å². The number of carbonyl (C=O) groups is 1. The highest BCUT2D eigenvalue weighted by atomic mass is 16.1. The molecule has 0 saturated heterocycles. The van der Waals surface area contributed by atoms with Gasteiger partial charge in [-0.05, 0) is 38.5 Å². The van der Waals surface area contributed by atoms with Crippen LogP contribution in [-0.4, -0.2) is 19.0 Å². The first-order valence-electron chi connectivity index (χ1n) is 5.46. The SMILES string of the molecule is CCN(CC)c1cc(C)c(C(N)=O)cc1N. The first-order chi connectivity index (χ1) is 7.51. The van der Waals surface area contributed by atoms with E-state index in [1.165, 1.54) is 0 Å². The fraction of sp³-hybridized carbons (Fsp3) is 0.417. The number of primary amides is 1. The zero-order valence-corrected chi connectivity index (χ0v) is 10.1. The van der Waals surface area contributed by atoms with Crippen LogP contribution in [0, 0.1) is 6.92 Å². The molecule has 0 aromatic heterocycles. The van der Waals surface area contributed by atoms with Crippen LogP contribution in [0.25, 0.3) is 0 Å². The standard InChI is InChI=1S/C12H19N3O/c1-4-15(5-2)11-6-8(3)9(12(14)16)7-10(11)13/h6-7H,4-5,13H2,1-3H3,(H2,14,16). The van der Waals surface area contributed by atoms with Gasteiger partial charge < -0.3 is 16.4 Å². The molecule has 0 spiro atoms. The summed E-state index contributed by atoms with van der Waals surface area (Å²) in [7, 11) is 0. The Morgan fingerprint density at radius 2 is 1.88 bits per heavy atom. The number of nitrogen functional groups attached to an aromatic ring is 1. The molecule has 1 aromatic rings. The van der Waals surface area contributed by atoms with E-state index >= 15 is 0 Å². The van der Waals surface area contributed by atoms with Crippen molar-refractivity contribution in [3.8, 4) is 0 Å². The van der Waals surface area contributed by atoms with Gasteiger partial charge in [0.05, 0.1) is 11.4 Å². The van der Waals surface area contributed by atoms with Crippen molar-refractivity contribution >= 4 is 17.3 Å². The molecule has 0 heterocycles. The third-order valence-corrected chi connectivity index (χ3v) is 2.74. The van der Waals surface area contributed by atoms with Crippen LogP contribution in [0.1, 0.15) is 29.8 Å². The second kappa shape index (κ2) is 4.88. The molecule has 1 amide bonds. The number of carbonyl (C=O) groups excluding carboxylic acids is 1. The average molecular weight is 221 g/mol. The van der Waals surface area contributed by atoms with Gasteiger partial charge in [-0.25, -0.2) is 0 Å². The molecule has 0 fully saturated rings. The van der Waals surface area contributed by atoms with E-state index in [0.29, 0.717) is 11.3 Å². The lowest BCUT2D eigenvalue weighted by Crippen LogP contribution is -2.24. The number of nitrogens with two attached hydrogens (primary N) is 2. The van der Waals surface area contributed by atoms with Gasteiger partial charge in [-0.15, -0.1) is 0 Å². The van der Waals surface area contributed by atoms with Gasteiger partial charge in [0.1, 0.15) is 0 Å². The maximum Gasteiger partial charge on any atom is 0.249 e. The van der Waals surface area contributed by atoms with Gasteiger partial charge in [0.25, 0.3) is 0 Å². The van der Waals surface area contributed by atoms with Crippen LogP contribution < -0.4 is 16.4 Å². The van der Waals surface area contributed by atoms with Crippen LogP contribution in [-0.2, 0) is 0 Å². The summed E-state index contributed by atoms with van der Waals surface area (Å²) in [5, 5.41) is 0. The van der Waals surface area contributed by atoms with Gasteiger partial charge in [-0.1, -0.05) is 0 Å². The number of rotatable bonds is 4. The number of hydrogen-bond acceptors (Lipinski definition) is 3. The Balaban J connectivity index is 3.24. The highest BCUT2D eigenvalue weighted by Gasteiger charge is 2.12. The van der Waals surface area contributed by atoms with Crippen molar-refractivity contribution in [1.82, 2.24) is 0 Å². The number of aryl methyl sites for hydroxylation is 1. The third-order valence-electron chi connectivity index (χ3n) is 2.74. The Morgan fingerprint density at radius 3 is 2.31 bits per heavy atom. The molecule has 1 rings (SSSR count). The largest absolute Gasteiger partial charge is 0.397 e. The van der Waals surface area contributed by atoms with Crippen molar-refractivity contribution < 1.29 is 4.79 Å². The van der Waals surface area contributed by atoms with Crippen molar-refractivity contribution in [2.45, 2.75) is 20.8 Å². The van der Waals surface area contributed by atoms with E-state index < -0.39 is 5.91 Å². The van der Waals surface area contributed by atoms with Crippen LogP contribution in [0.3, 0.4) is 0 Å². The zero-order chi connectivity index (χ0) is 12.3. The maximum atomic E-state index is 11.1. The lowest BCUT2D eigenvalue weighted by molar-refractivity contribution is 0.1000. The lowest BCUT2D eigenvalue weighted by Gasteiger charge is -2.23. The zero-order valence-electron chi connectivity index (χ0n) is 10.1. The lowest BCUT2D eigenvalue weighted by atomic mass is 10.1. The van der Waals surface area contributed by atoms with Gasteiger partial charge in [0.2, 0.25) is 5.91 Å². The summed E-state index contributed by atoms with van der Waals surface area (Å²) in [6.07, 6.45) is 0. The molecule has 0 atom stereocenters. The molecule has 0 aliphatic carbocycles. The molecule has 88 valence electrons. The van der Waals surface area contributed by atoms with E-state index in [1.807, 2.05) is 13.0 Å². The van der Waals surface area contributed by atoms with Crippen LogP contribution in [0.4, 0.5) is 11.4 Å². The first-order valence-corrected chi connectivity index (χ1v) is 5.46. The monoisotopic (exact) mass is 221 g/mol. The van der Waals surface area contributed by atoms with Gasteiger partial charge >= 0.3 is 0 Å². The molecule has 0 radical (unpaired) electrons. The molecule has 0 aliphatic rings. The number of hydrogen-bond donors (Lipinski definition) is 2. The van der Waals surface area contributed by atoms with Gasteiger partial charge in [0.15, 0.2) is 0 Å². The molecule has 0 aliphatic heterocycles.